The fraction of sp³-hybridized carbons (Fsp3) is 0.400. The standard InChI is InChI=1S/C15H21N3O2/c1-19-10-8-16-11-15-17-7-9-18(15)13-20-12-14-5-3-2-4-6-14/h2-7,9,16H,8,10-13H2,1H3. The molecule has 1 N–H and O–H groups in total. The smallest absolute Gasteiger partial charge is 0.124 e. The summed E-state index contributed by atoms with van der Waals surface area (Å²) in [5.41, 5.74) is 1.17. The molecule has 5 nitrogen and oxygen atoms in total. The van der Waals surface area contributed by atoms with Crippen molar-refractivity contribution in [3.8, 4) is 0 Å². The van der Waals surface area contributed by atoms with Crippen molar-refractivity contribution in [3.05, 3.63) is 54.1 Å². The molecule has 1 aromatic carbocycles. The summed E-state index contributed by atoms with van der Waals surface area (Å²) in [4.78, 5) is 4.32. The maximum Gasteiger partial charge on any atom is 0.124 e. The molecule has 0 amide bonds. The molecular weight excluding hydrogens is 254 g/mol. The number of aromatic nitrogens is 2. The zero-order chi connectivity index (χ0) is 14.0. The summed E-state index contributed by atoms with van der Waals surface area (Å²) in [6.07, 6.45) is 3.72. The fourth-order valence-electron chi connectivity index (χ4n) is 1.84. The Morgan fingerprint density at radius 1 is 1.25 bits per heavy atom. The lowest BCUT2D eigenvalue weighted by atomic mass is 10.2. The minimum Gasteiger partial charge on any atom is -0.383 e. The number of methoxy groups -OCH3 is 1. The molecule has 2 rings (SSSR count). The van der Waals surface area contributed by atoms with E-state index in [4.69, 9.17) is 9.47 Å². The molecule has 0 aliphatic heterocycles. The van der Waals surface area contributed by atoms with E-state index in [1.807, 2.05) is 29.0 Å². The maximum atomic E-state index is 5.70. The van der Waals surface area contributed by atoms with Gasteiger partial charge < -0.3 is 19.4 Å². The van der Waals surface area contributed by atoms with Gasteiger partial charge in [-0.1, -0.05) is 30.3 Å². The van der Waals surface area contributed by atoms with Crippen LogP contribution in [0.2, 0.25) is 0 Å². The fourth-order valence-corrected chi connectivity index (χ4v) is 1.84. The van der Waals surface area contributed by atoms with Gasteiger partial charge in [0.1, 0.15) is 12.6 Å². The second-order valence-corrected chi connectivity index (χ2v) is 4.45. The SMILES string of the molecule is COCCNCc1nccn1COCc1ccccc1. The average molecular weight is 275 g/mol. The molecule has 1 heterocycles. The molecule has 1 aromatic heterocycles. The lowest BCUT2D eigenvalue weighted by molar-refractivity contribution is 0.0618. The van der Waals surface area contributed by atoms with Gasteiger partial charge in [0, 0.05) is 26.0 Å². The first-order valence-electron chi connectivity index (χ1n) is 6.71. The highest BCUT2D eigenvalue weighted by atomic mass is 16.5. The molecule has 0 spiro atoms. The molecule has 0 saturated heterocycles. The Labute approximate surface area is 119 Å². The van der Waals surface area contributed by atoms with Crippen LogP contribution in [0.15, 0.2) is 42.7 Å². The first kappa shape index (κ1) is 14.7. The predicted octanol–water partition coefficient (Wildman–Crippen LogP) is 1.79. The largest absolute Gasteiger partial charge is 0.383 e. The van der Waals surface area contributed by atoms with Crippen LogP contribution in [0.3, 0.4) is 0 Å². The van der Waals surface area contributed by atoms with Crippen LogP contribution in [0.5, 0.6) is 0 Å². The summed E-state index contributed by atoms with van der Waals surface area (Å²) in [6, 6.07) is 10.1. The molecule has 0 aliphatic carbocycles. The van der Waals surface area contributed by atoms with E-state index >= 15 is 0 Å². The molecule has 0 atom stereocenters. The first-order chi connectivity index (χ1) is 9.90. The molecule has 0 aliphatic rings. The minimum absolute atomic E-state index is 0.510. The Balaban J connectivity index is 1.74. The second-order valence-electron chi connectivity index (χ2n) is 4.45. The van der Waals surface area contributed by atoms with Crippen LogP contribution in [0.1, 0.15) is 11.4 Å². The van der Waals surface area contributed by atoms with Gasteiger partial charge in [0.25, 0.3) is 0 Å². The van der Waals surface area contributed by atoms with E-state index in [1.165, 1.54) is 5.56 Å². The number of nitrogens with zero attached hydrogens (tertiary/aromatic N) is 2. The molecule has 108 valence electrons. The van der Waals surface area contributed by atoms with Crippen LogP contribution in [-0.2, 0) is 29.4 Å². The Morgan fingerprint density at radius 3 is 2.90 bits per heavy atom. The van der Waals surface area contributed by atoms with Gasteiger partial charge >= 0.3 is 0 Å². The van der Waals surface area contributed by atoms with Gasteiger partial charge in [-0.05, 0) is 5.56 Å². The lowest BCUT2D eigenvalue weighted by Gasteiger charge is -2.09. The van der Waals surface area contributed by atoms with Crippen molar-refractivity contribution in [2.24, 2.45) is 0 Å². The molecule has 0 saturated carbocycles. The highest BCUT2D eigenvalue weighted by Crippen LogP contribution is 2.03. The van der Waals surface area contributed by atoms with Crippen molar-refractivity contribution < 1.29 is 9.47 Å². The summed E-state index contributed by atoms with van der Waals surface area (Å²) in [7, 11) is 1.69. The highest BCUT2D eigenvalue weighted by molar-refractivity contribution is 5.13. The third kappa shape index (κ3) is 4.77. The average Bonchev–Trinajstić information content (AvgIpc) is 2.92. The minimum atomic E-state index is 0.510. The van der Waals surface area contributed by atoms with Crippen molar-refractivity contribution in [2.45, 2.75) is 19.9 Å². The third-order valence-corrected chi connectivity index (χ3v) is 2.91. The monoisotopic (exact) mass is 275 g/mol. The van der Waals surface area contributed by atoms with Gasteiger partial charge in [0.05, 0.1) is 19.8 Å². The number of benzene rings is 1. The van der Waals surface area contributed by atoms with Gasteiger partial charge in [-0.2, -0.15) is 0 Å². The summed E-state index contributed by atoms with van der Waals surface area (Å²) < 4.78 is 12.7. The van der Waals surface area contributed by atoms with Crippen LogP contribution in [0.25, 0.3) is 0 Å². The second kappa shape index (κ2) is 8.47. The molecule has 0 radical (unpaired) electrons. The van der Waals surface area contributed by atoms with E-state index in [0.29, 0.717) is 26.5 Å². The van der Waals surface area contributed by atoms with E-state index in [1.54, 1.807) is 13.3 Å². The molecule has 0 fully saturated rings. The Morgan fingerprint density at radius 2 is 2.10 bits per heavy atom. The van der Waals surface area contributed by atoms with Crippen LogP contribution >= 0.6 is 0 Å². The van der Waals surface area contributed by atoms with Crippen LogP contribution in [-0.4, -0.2) is 29.8 Å². The number of hydrogen-bond acceptors (Lipinski definition) is 4. The molecule has 5 heteroatoms. The normalized spacial score (nSPS) is 10.8. The van der Waals surface area contributed by atoms with Crippen molar-refractivity contribution in [1.29, 1.82) is 0 Å². The maximum absolute atomic E-state index is 5.70. The quantitative estimate of drug-likeness (QED) is 0.709. The van der Waals surface area contributed by atoms with Crippen LogP contribution in [0.4, 0.5) is 0 Å². The zero-order valence-corrected chi connectivity index (χ0v) is 11.8. The first-order valence-corrected chi connectivity index (χ1v) is 6.71. The van der Waals surface area contributed by atoms with E-state index in [-0.39, 0.29) is 0 Å². The third-order valence-electron chi connectivity index (χ3n) is 2.91. The summed E-state index contributed by atoms with van der Waals surface area (Å²) in [6.45, 7) is 3.34. The van der Waals surface area contributed by atoms with E-state index in [2.05, 4.69) is 22.4 Å². The van der Waals surface area contributed by atoms with E-state index in [9.17, 15) is 0 Å². The van der Waals surface area contributed by atoms with Gasteiger partial charge in [0.2, 0.25) is 0 Å². The van der Waals surface area contributed by atoms with Crippen LogP contribution in [0, 0.1) is 0 Å². The Bertz CT molecular complexity index is 485. The number of ether oxygens (including phenoxy) is 2. The van der Waals surface area contributed by atoms with Crippen molar-refractivity contribution in [1.82, 2.24) is 14.9 Å². The van der Waals surface area contributed by atoms with Gasteiger partial charge in [-0.15, -0.1) is 0 Å². The van der Waals surface area contributed by atoms with E-state index < -0.39 is 0 Å². The molecule has 0 bridgehead atoms. The van der Waals surface area contributed by atoms with E-state index in [0.717, 1.165) is 12.4 Å². The number of hydrogen-bond donors (Lipinski definition) is 1. The molecule has 0 unspecified atom stereocenters. The van der Waals surface area contributed by atoms with Gasteiger partial charge in [0.15, 0.2) is 0 Å². The lowest BCUT2D eigenvalue weighted by Crippen LogP contribution is -2.21. The molecule has 20 heavy (non-hydrogen) atoms. The number of nitrogens with one attached hydrogen (secondary N) is 1. The predicted molar refractivity (Wildman–Crippen MR) is 77.0 cm³/mol. The topological polar surface area (TPSA) is 48.3 Å². The van der Waals surface area contributed by atoms with Crippen molar-refractivity contribution in [2.75, 3.05) is 20.3 Å². The van der Waals surface area contributed by atoms with Gasteiger partial charge in [-0.3, -0.25) is 0 Å². The van der Waals surface area contributed by atoms with Crippen molar-refractivity contribution in [3.63, 3.8) is 0 Å². The van der Waals surface area contributed by atoms with Gasteiger partial charge in [-0.25, -0.2) is 4.98 Å². The van der Waals surface area contributed by atoms with Crippen molar-refractivity contribution >= 4 is 0 Å². The number of imidazole rings is 1. The Hall–Kier alpha value is -1.69. The summed E-state index contributed by atoms with van der Waals surface area (Å²) in [5.74, 6) is 0.967. The summed E-state index contributed by atoms with van der Waals surface area (Å²) >= 11 is 0. The number of rotatable bonds is 9. The summed E-state index contributed by atoms with van der Waals surface area (Å²) in [5, 5.41) is 3.27. The molecule has 2 aromatic rings. The zero-order valence-electron chi connectivity index (χ0n) is 11.8. The Kier molecular flexibility index (Phi) is 6.23. The highest BCUT2D eigenvalue weighted by Gasteiger charge is 2.02. The van der Waals surface area contributed by atoms with Crippen LogP contribution < -0.4 is 5.32 Å². The molecular formula is C15H21N3O2.